The number of ether oxygens (including phenoxy) is 2. The lowest BCUT2D eigenvalue weighted by molar-refractivity contribution is -0.164. The molecule has 1 saturated heterocycles. The maximum Gasteiger partial charge on any atom is 0.157 e. The first-order valence-corrected chi connectivity index (χ1v) is 7.29. The zero-order valence-corrected chi connectivity index (χ0v) is 11.1. The molecule has 0 bridgehead atoms. The third-order valence-electron chi connectivity index (χ3n) is 4.14. The van der Waals surface area contributed by atoms with Crippen molar-refractivity contribution in [2.24, 2.45) is 17.0 Å². The maximum atomic E-state index is 8.51. The summed E-state index contributed by atoms with van der Waals surface area (Å²) in [6, 6.07) is 0. The Kier molecular flexibility index (Phi) is 5.94. The Bertz CT molecular complexity index is 243. The zero-order valence-electron chi connectivity index (χ0n) is 11.1. The first-order chi connectivity index (χ1) is 8.88. The van der Waals surface area contributed by atoms with E-state index < -0.39 is 0 Å². The number of nitrogens with zero attached hydrogens (tertiary/aromatic N) is 1. The molecule has 104 valence electrons. The second-order valence-electron chi connectivity index (χ2n) is 5.50. The van der Waals surface area contributed by atoms with Gasteiger partial charge in [-0.2, -0.15) is 0 Å². The molecule has 4 heteroatoms. The average Bonchev–Trinajstić information content (AvgIpc) is 2.42. The van der Waals surface area contributed by atoms with Crippen LogP contribution < -0.4 is 0 Å². The molecule has 1 aliphatic carbocycles. The molecule has 1 saturated carbocycles. The summed E-state index contributed by atoms with van der Waals surface area (Å²) in [6.07, 6.45) is 11.1. The largest absolute Gasteiger partial charge is 0.411 e. The molecule has 1 unspecified atom stereocenters. The SMILES string of the molecule is O/N=C/C1CCC(CCOC2CCCCO2)CC1. The molecule has 1 atom stereocenters. The molecule has 1 aliphatic heterocycles. The maximum absolute atomic E-state index is 8.51. The van der Waals surface area contributed by atoms with Crippen LogP contribution in [0.4, 0.5) is 0 Å². The van der Waals surface area contributed by atoms with E-state index in [-0.39, 0.29) is 6.29 Å². The van der Waals surface area contributed by atoms with E-state index in [1.807, 2.05) is 0 Å². The van der Waals surface area contributed by atoms with Crippen molar-refractivity contribution in [3.05, 3.63) is 0 Å². The van der Waals surface area contributed by atoms with Crippen LogP contribution in [0.5, 0.6) is 0 Å². The van der Waals surface area contributed by atoms with Gasteiger partial charge in [0.1, 0.15) is 0 Å². The summed E-state index contributed by atoms with van der Waals surface area (Å²) in [5.41, 5.74) is 0. The first kappa shape index (κ1) is 13.8. The minimum absolute atomic E-state index is 0.0524. The Morgan fingerprint density at radius 3 is 2.67 bits per heavy atom. The van der Waals surface area contributed by atoms with Gasteiger partial charge < -0.3 is 14.7 Å². The molecule has 0 radical (unpaired) electrons. The molecular weight excluding hydrogens is 230 g/mol. The Hall–Kier alpha value is -0.610. The van der Waals surface area contributed by atoms with E-state index in [4.69, 9.17) is 14.7 Å². The van der Waals surface area contributed by atoms with Crippen molar-refractivity contribution in [1.29, 1.82) is 0 Å². The van der Waals surface area contributed by atoms with Crippen molar-refractivity contribution in [1.82, 2.24) is 0 Å². The highest BCUT2D eigenvalue weighted by atomic mass is 16.7. The van der Waals surface area contributed by atoms with E-state index in [0.717, 1.165) is 44.8 Å². The first-order valence-electron chi connectivity index (χ1n) is 7.29. The van der Waals surface area contributed by atoms with Gasteiger partial charge >= 0.3 is 0 Å². The van der Waals surface area contributed by atoms with E-state index in [0.29, 0.717) is 5.92 Å². The molecule has 2 aliphatic rings. The van der Waals surface area contributed by atoms with Gasteiger partial charge in [-0.3, -0.25) is 0 Å². The smallest absolute Gasteiger partial charge is 0.157 e. The van der Waals surface area contributed by atoms with Crippen LogP contribution in [0.2, 0.25) is 0 Å². The highest BCUT2D eigenvalue weighted by Gasteiger charge is 2.21. The molecule has 0 aromatic carbocycles. The minimum atomic E-state index is 0.0524. The van der Waals surface area contributed by atoms with Gasteiger partial charge in [-0.25, -0.2) is 0 Å². The Labute approximate surface area is 109 Å². The number of hydrogen-bond acceptors (Lipinski definition) is 4. The van der Waals surface area contributed by atoms with Crippen LogP contribution in [0.1, 0.15) is 51.4 Å². The standard InChI is InChI=1S/C14H25NO3/c16-15-11-13-6-4-12(5-7-13)8-10-18-14-3-1-2-9-17-14/h11-14,16H,1-10H2/b15-11+. The summed E-state index contributed by atoms with van der Waals surface area (Å²) < 4.78 is 11.3. The van der Waals surface area contributed by atoms with Crippen LogP contribution in [0.15, 0.2) is 5.16 Å². The predicted molar refractivity (Wildman–Crippen MR) is 69.9 cm³/mol. The summed E-state index contributed by atoms with van der Waals surface area (Å²) in [5.74, 6) is 1.26. The topological polar surface area (TPSA) is 51.1 Å². The molecule has 0 spiro atoms. The molecular formula is C14H25NO3. The summed E-state index contributed by atoms with van der Waals surface area (Å²) in [5, 5.41) is 11.6. The van der Waals surface area contributed by atoms with Crippen molar-refractivity contribution in [3.8, 4) is 0 Å². The number of hydrogen-bond donors (Lipinski definition) is 1. The molecule has 18 heavy (non-hydrogen) atoms. The minimum Gasteiger partial charge on any atom is -0.411 e. The van der Waals surface area contributed by atoms with Gasteiger partial charge in [0.05, 0.1) is 0 Å². The van der Waals surface area contributed by atoms with E-state index >= 15 is 0 Å². The van der Waals surface area contributed by atoms with Crippen LogP contribution in [-0.4, -0.2) is 30.9 Å². The lowest BCUT2D eigenvalue weighted by Crippen LogP contribution is -2.24. The highest BCUT2D eigenvalue weighted by Crippen LogP contribution is 2.30. The summed E-state index contributed by atoms with van der Waals surface area (Å²) in [6.45, 7) is 1.68. The fraction of sp³-hybridized carbons (Fsp3) is 0.929. The van der Waals surface area contributed by atoms with Crippen molar-refractivity contribution in [2.75, 3.05) is 13.2 Å². The Balaban J connectivity index is 1.54. The second kappa shape index (κ2) is 7.74. The monoisotopic (exact) mass is 255 g/mol. The lowest BCUT2D eigenvalue weighted by atomic mass is 9.81. The van der Waals surface area contributed by atoms with E-state index in [9.17, 15) is 0 Å². The second-order valence-corrected chi connectivity index (χ2v) is 5.50. The lowest BCUT2D eigenvalue weighted by Gasteiger charge is -2.27. The molecule has 0 aromatic rings. The normalized spacial score (nSPS) is 33.9. The average molecular weight is 255 g/mol. The third kappa shape index (κ3) is 4.58. The van der Waals surface area contributed by atoms with Crippen LogP contribution >= 0.6 is 0 Å². The van der Waals surface area contributed by atoms with Gasteiger partial charge in [0, 0.05) is 19.4 Å². The fourth-order valence-corrected chi connectivity index (χ4v) is 2.93. The van der Waals surface area contributed by atoms with Crippen molar-refractivity contribution >= 4 is 6.21 Å². The van der Waals surface area contributed by atoms with Crippen LogP contribution in [0.25, 0.3) is 0 Å². The molecule has 0 amide bonds. The quantitative estimate of drug-likeness (QED) is 0.466. The third-order valence-corrected chi connectivity index (χ3v) is 4.14. The van der Waals surface area contributed by atoms with E-state index in [1.165, 1.54) is 25.7 Å². The summed E-state index contributed by atoms with van der Waals surface area (Å²) in [7, 11) is 0. The van der Waals surface area contributed by atoms with Crippen LogP contribution in [0.3, 0.4) is 0 Å². The van der Waals surface area contributed by atoms with Gasteiger partial charge in [-0.15, -0.1) is 5.16 Å². The van der Waals surface area contributed by atoms with E-state index in [1.54, 1.807) is 6.21 Å². The van der Waals surface area contributed by atoms with E-state index in [2.05, 4.69) is 5.16 Å². The zero-order chi connectivity index (χ0) is 12.6. The Morgan fingerprint density at radius 2 is 2.00 bits per heavy atom. The van der Waals surface area contributed by atoms with Gasteiger partial charge in [-0.1, -0.05) is 0 Å². The van der Waals surface area contributed by atoms with Gasteiger partial charge in [-0.05, 0) is 63.2 Å². The highest BCUT2D eigenvalue weighted by molar-refractivity contribution is 5.59. The van der Waals surface area contributed by atoms with Crippen LogP contribution in [0, 0.1) is 11.8 Å². The molecule has 1 N–H and O–H groups in total. The van der Waals surface area contributed by atoms with Gasteiger partial charge in [0.2, 0.25) is 0 Å². The molecule has 2 fully saturated rings. The summed E-state index contributed by atoms with van der Waals surface area (Å²) >= 11 is 0. The molecule has 1 heterocycles. The van der Waals surface area contributed by atoms with Gasteiger partial charge in [0.25, 0.3) is 0 Å². The van der Waals surface area contributed by atoms with Crippen molar-refractivity contribution in [3.63, 3.8) is 0 Å². The Morgan fingerprint density at radius 1 is 1.17 bits per heavy atom. The molecule has 4 nitrogen and oxygen atoms in total. The number of oxime groups is 1. The molecule has 2 rings (SSSR count). The van der Waals surface area contributed by atoms with Crippen molar-refractivity contribution in [2.45, 2.75) is 57.7 Å². The summed E-state index contributed by atoms with van der Waals surface area (Å²) in [4.78, 5) is 0. The molecule has 0 aromatic heterocycles. The predicted octanol–water partition coefficient (Wildman–Crippen LogP) is 3.19. The number of rotatable bonds is 5. The van der Waals surface area contributed by atoms with Gasteiger partial charge in [0.15, 0.2) is 6.29 Å². The van der Waals surface area contributed by atoms with Crippen molar-refractivity contribution < 1.29 is 14.7 Å². The van der Waals surface area contributed by atoms with Crippen LogP contribution in [-0.2, 0) is 9.47 Å². The fourth-order valence-electron chi connectivity index (χ4n) is 2.93.